The number of thioether (sulfide) groups is 1. The van der Waals surface area contributed by atoms with Crippen LogP contribution < -0.4 is 5.32 Å². The molecular weight excluding hydrogens is 416 g/mol. The minimum atomic E-state index is -3.60. The number of hydrogen-bond donors (Lipinski definition) is 1. The molecule has 1 aliphatic rings. The lowest BCUT2D eigenvalue weighted by atomic mass is 9.99. The maximum Gasteiger partial charge on any atom is 0.243 e. The van der Waals surface area contributed by atoms with E-state index in [1.54, 1.807) is 36.0 Å². The second-order valence-corrected chi connectivity index (χ2v) is 11.8. The maximum atomic E-state index is 12.9. The summed E-state index contributed by atoms with van der Waals surface area (Å²) in [6, 6.07) is 6.79. The number of nitrogens with zero attached hydrogens (tertiary/aromatic N) is 3. The van der Waals surface area contributed by atoms with Crippen LogP contribution in [0.5, 0.6) is 0 Å². The zero-order chi connectivity index (χ0) is 20.3. The first-order valence-corrected chi connectivity index (χ1v) is 12.3. The third-order valence-corrected chi connectivity index (χ3v) is 8.19. The Balaban J connectivity index is 1.66. The molecule has 0 saturated carbocycles. The van der Waals surface area contributed by atoms with Gasteiger partial charge in [0.15, 0.2) is 4.34 Å². The van der Waals surface area contributed by atoms with Gasteiger partial charge in [0.2, 0.25) is 21.1 Å². The summed E-state index contributed by atoms with van der Waals surface area (Å²) in [7, 11) is -3.60. The van der Waals surface area contributed by atoms with Gasteiger partial charge < -0.3 is 5.32 Å². The SMILES string of the molecule is Cc1ccc(S(=O)(=O)N2CCCC(C(=O)Nc3nnc(SC(C)C)s3)C2)cc1. The molecule has 1 saturated heterocycles. The molecule has 1 unspecified atom stereocenters. The fraction of sp³-hybridized carbons (Fsp3) is 0.500. The Kier molecular flexibility index (Phi) is 6.74. The van der Waals surface area contributed by atoms with Crippen LogP contribution in [0, 0.1) is 12.8 Å². The number of sulfonamides is 1. The number of piperidine rings is 1. The summed E-state index contributed by atoms with van der Waals surface area (Å²) >= 11 is 2.93. The Morgan fingerprint density at radius 1 is 1.29 bits per heavy atom. The van der Waals surface area contributed by atoms with Crippen LogP contribution in [0.4, 0.5) is 5.13 Å². The molecule has 1 atom stereocenters. The topological polar surface area (TPSA) is 92.3 Å². The Hall–Kier alpha value is -1.49. The molecule has 7 nitrogen and oxygen atoms in total. The van der Waals surface area contributed by atoms with Crippen molar-refractivity contribution in [2.45, 2.75) is 48.1 Å². The summed E-state index contributed by atoms with van der Waals surface area (Å²) < 4.78 is 28.0. The average Bonchev–Trinajstić information content (AvgIpc) is 3.08. The van der Waals surface area contributed by atoms with Crippen molar-refractivity contribution in [1.29, 1.82) is 0 Å². The second kappa shape index (κ2) is 8.89. The van der Waals surface area contributed by atoms with Gasteiger partial charge >= 0.3 is 0 Å². The Morgan fingerprint density at radius 2 is 2.00 bits per heavy atom. The quantitative estimate of drug-likeness (QED) is 0.547. The van der Waals surface area contributed by atoms with Crippen LogP contribution in [-0.4, -0.2) is 47.2 Å². The Morgan fingerprint density at radius 3 is 2.68 bits per heavy atom. The highest BCUT2D eigenvalue weighted by Crippen LogP contribution is 2.30. The molecule has 2 heterocycles. The van der Waals surface area contributed by atoms with E-state index in [4.69, 9.17) is 0 Å². The van der Waals surface area contributed by atoms with Gasteiger partial charge in [-0.1, -0.05) is 54.6 Å². The summed E-state index contributed by atoms with van der Waals surface area (Å²) in [6.07, 6.45) is 1.30. The molecule has 0 radical (unpaired) electrons. The third-order valence-electron chi connectivity index (χ3n) is 4.39. The average molecular weight is 441 g/mol. The number of aromatic nitrogens is 2. The van der Waals surface area contributed by atoms with E-state index >= 15 is 0 Å². The van der Waals surface area contributed by atoms with E-state index in [-0.39, 0.29) is 17.3 Å². The van der Waals surface area contributed by atoms with Crippen molar-refractivity contribution in [1.82, 2.24) is 14.5 Å². The van der Waals surface area contributed by atoms with Gasteiger partial charge in [0.25, 0.3) is 0 Å². The van der Waals surface area contributed by atoms with E-state index in [1.807, 2.05) is 6.92 Å². The van der Waals surface area contributed by atoms with Crippen molar-refractivity contribution in [2.75, 3.05) is 18.4 Å². The molecule has 10 heteroatoms. The first-order valence-electron chi connectivity index (χ1n) is 9.13. The zero-order valence-corrected chi connectivity index (χ0v) is 18.5. The van der Waals surface area contributed by atoms with Crippen LogP contribution in [0.25, 0.3) is 0 Å². The van der Waals surface area contributed by atoms with Crippen LogP contribution in [-0.2, 0) is 14.8 Å². The second-order valence-electron chi connectivity index (χ2n) is 7.04. The molecule has 0 bridgehead atoms. The van der Waals surface area contributed by atoms with E-state index < -0.39 is 15.9 Å². The number of hydrogen-bond acceptors (Lipinski definition) is 7. The fourth-order valence-electron chi connectivity index (χ4n) is 2.95. The number of aryl methyl sites for hydroxylation is 1. The van der Waals surface area contributed by atoms with E-state index in [0.717, 1.165) is 9.90 Å². The molecule has 1 aromatic carbocycles. The summed E-state index contributed by atoms with van der Waals surface area (Å²) in [4.78, 5) is 12.9. The number of benzene rings is 1. The van der Waals surface area contributed by atoms with Gasteiger partial charge in [0.05, 0.1) is 10.8 Å². The first kappa shape index (κ1) is 21.2. The first-order chi connectivity index (χ1) is 13.3. The lowest BCUT2D eigenvalue weighted by Gasteiger charge is -2.31. The van der Waals surface area contributed by atoms with Crippen molar-refractivity contribution >= 4 is 44.2 Å². The smallest absolute Gasteiger partial charge is 0.243 e. The van der Waals surface area contributed by atoms with Crippen molar-refractivity contribution in [3.63, 3.8) is 0 Å². The molecule has 1 N–H and O–H groups in total. The van der Waals surface area contributed by atoms with Gasteiger partial charge in [0.1, 0.15) is 0 Å². The maximum absolute atomic E-state index is 12.9. The summed E-state index contributed by atoms with van der Waals surface area (Å²) in [5, 5.41) is 11.7. The standard InChI is InChI=1S/C18H24N4O3S3/c1-12(2)26-18-21-20-17(27-18)19-16(23)14-5-4-10-22(11-14)28(24,25)15-8-6-13(3)7-9-15/h6-9,12,14H,4-5,10-11H2,1-3H3,(H,19,20,23). The summed E-state index contributed by atoms with van der Waals surface area (Å²) in [5.41, 5.74) is 1.00. The zero-order valence-electron chi connectivity index (χ0n) is 16.1. The van der Waals surface area contributed by atoms with Crippen LogP contribution in [0.2, 0.25) is 0 Å². The van der Waals surface area contributed by atoms with Gasteiger partial charge in [-0.15, -0.1) is 10.2 Å². The minimum absolute atomic E-state index is 0.175. The summed E-state index contributed by atoms with van der Waals surface area (Å²) in [6.45, 7) is 6.64. The molecule has 0 aliphatic carbocycles. The number of carbonyl (C=O) groups excluding carboxylic acids is 1. The molecule has 1 amide bonds. The normalized spacial score (nSPS) is 18.4. The molecule has 1 aromatic heterocycles. The molecule has 1 fully saturated rings. The lowest BCUT2D eigenvalue weighted by molar-refractivity contribution is -0.120. The van der Waals surface area contributed by atoms with Crippen LogP contribution >= 0.6 is 23.1 Å². The van der Waals surface area contributed by atoms with Crippen LogP contribution in [0.3, 0.4) is 0 Å². The highest BCUT2D eigenvalue weighted by atomic mass is 32.2. The molecule has 3 rings (SSSR count). The van der Waals surface area contributed by atoms with Crippen molar-refractivity contribution in [3.8, 4) is 0 Å². The van der Waals surface area contributed by atoms with E-state index in [2.05, 4.69) is 29.4 Å². The van der Waals surface area contributed by atoms with Gasteiger partial charge in [0, 0.05) is 18.3 Å². The predicted octanol–water partition coefficient (Wildman–Crippen LogP) is 3.39. The van der Waals surface area contributed by atoms with Gasteiger partial charge in [-0.25, -0.2) is 8.42 Å². The third kappa shape index (κ3) is 5.11. The highest BCUT2D eigenvalue weighted by molar-refractivity contribution is 8.01. The molecule has 0 spiro atoms. The summed E-state index contributed by atoms with van der Waals surface area (Å²) in [5.74, 6) is -0.611. The molecular formula is C18H24N4O3S3. The molecule has 152 valence electrons. The number of anilines is 1. The minimum Gasteiger partial charge on any atom is -0.300 e. The van der Waals surface area contributed by atoms with Crippen LogP contribution in [0.15, 0.2) is 33.5 Å². The Bertz CT molecular complexity index is 926. The van der Waals surface area contributed by atoms with Gasteiger partial charge in [-0.3, -0.25) is 4.79 Å². The molecule has 28 heavy (non-hydrogen) atoms. The van der Waals surface area contributed by atoms with Crippen molar-refractivity contribution in [2.24, 2.45) is 5.92 Å². The lowest BCUT2D eigenvalue weighted by Crippen LogP contribution is -2.43. The molecule has 2 aromatic rings. The Labute approximate surface area is 174 Å². The predicted molar refractivity (Wildman–Crippen MR) is 112 cm³/mol. The van der Waals surface area contributed by atoms with E-state index in [0.29, 0.717) is 29.8 Å². The van der Waals surface area contributed by atoms with E-state index in [1.165, 1.54) is 15.6 Å². The fourth-order valence-corrected chi connectivity index (χ4v) is 6.45. The number of rotatable bonds is 6. The monoisotopic (exact) mass is 440 g/mol. The largest absolute Gasteiger partial charge is 0.300 e. The van der Waals surface area contributed by atoms with Crippen LogP contribution in [0.1, 0.15) is 32.3 Å². The van der Waals surface area contributed by atoms with Crippen molar-refractivity contribution < 1.29 is 13.2 Å². The highest BCUT2D eigenvalue weighted by Gasteiger charge is 2.33. The number of amides is 1. The van der Waals surface area contributed by atoms with E-state index in [9.17, 15) is 13.2 Å². The van der Waals surface area contributed by atoms with Gasteiger partial charge in [-0.05, 0) is 31.9 Å². The number of nitrogens with one attached hydrogen (secondary N) is 1. The number of carbonyl (C=O) groups is 1. The van der Waals surface area contributed by atoms with Gasteiger partial charge in [-0.2, -0.15) is 4.31 Å². The molecule has 1 aliphatic heterocycles. The van der Waals surface area contributed by atoms with Crippen molar-refractivity contribution in [3.05, 3.63) is 29.8 Å².